The van der Waals surface area contributed by atoms with E-state index in [0.717, 1.165) is 12.2 Å². The number of hydrogen-bond donors (Lipinski definition) is 1. The Bertz CT molecular complexity index is 866. The Labute approximate surface area is 149 Å². The Morgan fingerprint density at radius 2 is 1.64 bits per heavy atom. The highest BCUT2D eigenvalue weighted by molar-refractivity contribution is 5.86. The molecule has 1 aliphatic carbocycles. The summed E-state index contributed by atoms with van der Waals surface area (Å²) in [6.45, 7) is 2.24. The van der Waals surface area contributed by atoms with Crippen molar-refractivity contribution in [3.63, 3.8) is 0 Å². The third-order valence-corrected chi connectivity index (χ3v) is 4.83. The van der Waals surface area contributed by atoms with Crippen LogP contribution in [0.4, 0.5) is 0 Å². The summed E-state index contributed by atoms with van der Waals surface area (Å²) in [5.41, 5.74) is 1.35. The van der Waals surface area contributed by atoms with Crippen molar-refractivity contribution in [1.29, 1.82) is 0 Å². The average Bonchev–Trinajstić information content (AvgIpc) is 3.09. The minimum Gasteiger partial charge on any atom is -0.486 e. The van der Waals surface area contributed by atoms with Gasteiger partial charge in [0.1, 0.15) is 11.9 Å². The van der Waals surface area contributed by atoms with Crippen molar-refractivity contribution in [2.24, 2.45) is 0 Å². The number of para-hydroxylation sites is 1. The van der Waals surface area contributed by atoms with Crippen LogP contribution in [0, 0.1) is 0 Å². The van der Waals surface area contributed by atoms with Crippen molar-refractivity contribution in [2.75, 3.05) is 0 Å². The molecular weight excluding hydrogens is 306 g/mol. The zero-order valence-corrected chi connectivity index (χ0v) is 14.4. The quantitative estimate of drug-likeness (QED) is 0.644. The molecule has 0 amide bonds. The van der Waals surface area contributed by atoms with E-state index in [1.807, 2.05) is 30.3 Å². The highest BCUT2D eigenvalue weighted by Crippen LogP contribution is 2.26. The summed E-state index contributed by atoms with van der Waals surface area (Å²) in [5, 5.41) is 6.35. The Morgan fingerprint density at radius 3 is 2.52 bits per heavy atom. The first-order chi connectivity index (χ1) is 12.3. The van der Waals surface area contributed by atoms with E-state index in [2.05, 4.69) is 66.9 Å². The molecule has 1 aliphatic rings. The molecule has 2 nitrogen and oxygen atoms in total. The van der Waals surface area contributed by atoms with Crippen molar-refractivity contribution >= 4 is 10.8 Å². The van der Waals surface area contributed by atoms with E-state index in [0.29, 0.717) is 6.04 Å². The van der Waals surface area contributed by atoms with Gasteiger partial charge in [-0.3, -0.25) is 0 Å². The molecule has 3 aromatic rings. The SMILES string of the molecule is C[C@@H](N[C@@H]1C=C[C@@H](Oc2ccccc2)C1)c1cccc2ccccc12. The van der Waals surface area contributed by atoms with E-state index in [-0.39, 0.29) is 12.1 Å². The first-order valence-corrected chi connectivity index (χ1v) is 8.93. The van der Waals surface area contributed by atoms with Crippen LogP contribution in [0.2, 0.25) is 0 Å². The second-order valence-electron chi connectivity index (χ2n) is 6.65. The fourth-order valence-corrected chi connectivity index (χ4v) is 3.59. The third-order valence-electron chi connectivity index (χ3n) is 4.83. The van der Waals surface area contributed by atoms with E-state index in [1.54, 1.807) is 0 Å². The zero-order valence-electron chi connectivity index (χ0n) is 14.4. The van der Waals surface area contributed by atoms with Gasteiger partial charge in [-0.15, -0.1) is 0 Å². The molecule has 0 unspecified atom stereocenters. The summed E-state index contributed by atoms with van der Waals surface area (Å²) in [6, 6.07) is 25.8. The molecule has 3 atom stereocenters. The van der Waals surface area contributed by atoms with Crippen molar-refractivity contribution in [3.8, 4) is 5.75 Å². The number of benzene rings is 3. The van der Waals surface area contributed by atoms with Crippen LogP contribution in [-0.2, 0) is 0 Å². The lowest BCUT2D eigenvalue weighted by Gasteiger charge is -2.21. The van der Waals surface area contributed by atoms with Gasteiger partial charge >= 0.3 is 0 Å². The van der Waals surface area contributed by atoms with Crippen molar-refractivity contribution in [1.82, 2.24) is 5.32 Å². The van der Waals surface area contributed by atoms with Crippen LogP contribution >= 0.6 is 0 Å². The van der Waals surface area contributed by atoms with Crippen LogP contribution in [0.25, 0.3) is 10.8 Å². The summed E-state index contributed by atoms with van der Waals surface area (Å²) in [6.07, 6.45) is 5.50. The molecular formula is C23H23NO. The highest BCUT2D eigenvalue weighted by atomic mass is 16.5. The summed E-state index contributed by atoms with van der Waals surface area (Å²) in [5.74, 6) is 0.930. The Morgan fingerprint density at radius 1 is 0.880 bits per heavy atom. The van der Waals surface area contributed by atoms with Gasteiger partial charge in [-0.1, -0.05) is 66.7 Å². The monoisotopic (exact) mass is 329 g/mol. The molecule has 0 radical (unpaired) electrons. The molecule has 0 fully saturated rings. The predicted octanol–water partition coefficient (Wildman–Crippen LogP) is 5.27. The Hall–Kier alpha value is -2.58. The number of rotatable bonds is 5. The average molecular weight is 329 g/mol. The maximum Gasteiger partial charge on any atom is 0.120 e. The standard InChI is InChI=1S/C23H23NO/c1-17(22-13-7-9-18-8-5-6-12-23(18)22)24-19-14-15-21(16-19)25-20-10-3-2-4-11-20/h2-15,17,19,21,24H,16H2,1H3/t17-,19-,21-/m1/s1. The molecule has 0 saturated heterocycles. The van der Waals surface area contributed by atoms with E-state index >= 15 is 0 Å². The van der Waals surface area contributed by atoms with Gasteiger partial charge in [-0.2, -0.15) is 0 Å². The Kier molecular flexibility index (Phi) is 4.53. The van der Waals surface area contributed by atoms with Crippen LogP contribution in [0.5, 0.6) is 5.75 Å². The van der Waals surface area contributed by atoms with Crippen molar-refractivity contribution in [2.45, 2.75) is 31.5 Å². The largest absolute Gasteiger partial charge is 0.486 e. The van der Waals surface area contributed by atoms with Gasteiger partial charge in [0.15, 0.2) is 0 Å². The number of nitrogens with one attached hydrogen (secondary N) is 1. The third kappa shape index (κ3) is 3.59. The Balaban J connectivity index is 1.42. The number of hydrogen-bond acceptors (Lipinski definition) is 2. The molecule has 126 valence electrons. The molecule has 3 aromatic carbocycles. The minimum absolute atomic E-state index is 0.139. The van der Waals surface area contributed by atoms with Crippen LogP contribution in [-0.4, -0.2) is 12.1 Å². The molecule has 0 saturated carbocycles. The molecule has 0 heterocycles. The second kappa shape index (κ2) is 7.12. The zero-order chi connectivity index (χ0) is 17.1. The fraction of sp³-hybridized carbons (Fsp3) is 0.217. The van der Waals surface area contributed by atoms with Crippen LogP contribution in [0.15, 0.2) is 84.9 Å². The molecule has 2 heteroatoms. The summed E-state index contributed by atoms with van der Waals surface area (Å²) >= 11 is 0. The van der Waals surface area contributed by atoms with Gasteiger partial charge in [0.25, 0.3) is 0 Å². The van der Waals surface area contributed by atoms with Gasteiger partial charge in [0.2, 0.25) is 0 Å². The molecule has 0 bridgehead atoms. The maximum absolute atomic E-state index is 6.04. The van der Waals surface area contributed by atoms with E-state index in [4.69, 9.17) is 4.74 Å². The molecule has 25 heavy (non-hydrogen) atoms. The smallest absolute Gasteiger partial charge is 0.120 e. The summed E-state index contributed by atoms with van der Waals surface area (Å²) in [4.78, 5) is 0. The van der Waals surface area contributed by atoms with E-state index in [1.165, 1.54) is 16.3 Å². The first-order valence-electron chi connectivity index (χ1n) is 8.93. The van der Waals surface area contributed by atoms with Gasteiger partial charge in [0, 0.05) is 18.5 Å². The summed E-state index contributed by atoms with van der Waals surface area (Å²) < 4.78 is 6.04. The maximum atomic E-state index is 6.04. The molecule has 0 aliphatic heterocycles. The van der Waals surface area contributed by atoms with Crippen LogP contribution < -0.4 is 10.1 Å². The van der Waals surface area contributed by atoms with Crippen LogP contribution in [0.3, 0.4) is 0 Å². The molecule has 1 N–H and O–H groups in total. The first kappa shape index (κ1) is 15.9. The normalized spacial score (nSPS) is 20.7. The predicted molar refractivity (Wildman–Crippen MR) is 104 cm³/mol. The van der Waals surface area contributed by atoms with Crippen molar-refractivity contribution < 1.29 is 4.74 Å². The molecule has 0 aromatic heterocycles. The van der Waals surface area contributed by atoms with E-state index in [9.17, 15) is 0 Å². The van der Waals surface area contributed by atoms with Gasteiger partial charge in [0.05, 0.1) is 0 Å². The highest BCUT2D eigenvalue weighted by Gasteiger charge is 2.22. The van der Waals surface area contributed by atoms with Crippen LogP contribution in [0.1, 0.15) is 24.9 Å². The minimum atomic E-state index is 0.139. The van der Waals surface area contributed by atoms with Crippen molar-refractivity contribution in [3.05, 3.63) is 90.5 Å². The lowest BCUT2D eigenvalue weighted by Crippen LogP contribution is -2.30. The molecule has 0 spiro atoms. The topological polar surface area (TPSA) is 21.3 Å². The number of fused-ring (bicyclic) bond motifs is 1. The second-order valence-corrected chi connectivity index (χ2v) is 6.65. The molecule has 4 rings (SSSR count). The van der Waals surface area contributed by atoms with Gasteiger partial charge in [-0.25, -0.2) is 0 Å². The number of ether oxygens (including phenoxy) is 1. The van der Waals surface area contributed by atoms with E-state index < -0.39 is 0 Å². The lowest BCUT2D eigenvalue weighted by atomic mass is 9.99. The fourth-order valence-electron chi connectivity index (χ4n) is 3.59. The lowest BCUT2D eigenvalue weighted by molar-refractivity contribution is 0.237. The summed E-state index contributed by atoms with van der Waals surface area (Å²) in [7, 11) is 0. The van der Waals surface area contributed by atoms with Gasteiger partial charge < -0.3 is 10.1 Å². The van der Waals surface area contributed by atoms with Gasteiger partial charge in [-0.05, 0) is 41.5 Å².